The van der Waals surface area contributed by atoms with E-state index in [2.05, 4.69) is 15.5 Å². The zero-order chi connectivity index (χ0) is 22.3. The van der Waals surface area contributed by atoms with Crippen molar-refractivity contribution in [1.82, 2.24) is 20.4 Å². The fourth-order valence-electron chi connectivity index (χ4n) is 3.15. The largest absolute Gasteiger partial charge is 0.444 e. The number of nitrogens with zero attached hydrogens (tertiary/aromatic N) is 3. The van der Waals surface area contributed by atoms with Gasteiger partial charge in [0.15, 0.2) is 5.96 Å². The number of hydrogen-bond acceptors (Lipinski definition) is 4. The number of ether oxygens (including phenoxy) is 1. The number of benzene rings is 1. The first-order chi connectivity index (χ1) is 14.1. The van der Waals surface area contributed by atoms with Gasteiger partial charge in [-0.1, -0.05) is 12.1 Å². The second kappa shape index (κ2) is 10.3. The first kappa shape index (κ1) is 23.5. The third-order valence-electron chi connectivity index (χ3n) is 4.56. The Balaban J connectivity index is 1.96. The van der Waals surface area contributed by atoms with Crippen LogP contribution in [0.25, 0.3) is 0 Å². The Morgan fingerprint density at radius 2 is 1.90 bits per heavy atom. The summed E-state index contributed by atoms with van der Waals surface area (Å²) in [7, 11) is 3.48. The number of amides is 2. The van der Waals surface area contributed by atoms with E-state index in [1.54, 1.807) is 19.0 Å². The van der Waals surface area contributed by atoms with Gasteiger partial charge in [-0.3, -0.25) is 4.79 Å². The van der Waals surface area contributed by atoms with Gasteiger partial charge in [0.05, 0.1) is 12.6 Å². The average molecular weight is 418 g/mol. The molecule has 0 saturated carbocycles. The molecule has 1 heterocycles. The number of aliphatic imine (C=N–C) groups is 1. The van der Waals surface area contributed by atoms with Crippen LogP contribution >= 0.6 is 0 Å². The molecule has 0 spiro atoms. The highest BCUT2D eigenvalue weighted by atomic mass is 16.6. The number of carbonyl (C=O) groups is 2. The molecule has 0 aromatic heterocycles. The van der Waals surface area contributed by atoms with Crippen molar-refractivity contribution in [3.05, 3.63) is 35.4 Å². The van der Waals surface area contributed by atoms with Gasteiger partial charge >= 0.3 is 6.09 Å². The van der Waals surface area contributed by atoms with E-state index in [9.17, 15) is 9.59 Å². The van der Waals surface area contributed by atoms with E-state index in [4.69, 9.17) is 9.73 Å². The highest BCUT2D eigenvalue weighted by Crippen LogP contribution is 2.13. The third kappa shape index (κ3) is 7.24. The Morgan fingerprint density at radius 1 is 1.23 bits per heavy atom. The summed E-state index contributed by atoms with van der Waals surface area (Å²) in [5, 5.41) is 6.26. The van der Waals surface area contributed by atoms with Gasteiger partial charge in [0, 0.05) is 39.3 Å². The fraction of sp³-hybridized carbons (Fsp3) is 0.591. The summed E-state index contributed by atoms with van der Waals surface area (Å²) in [6, 6.07) is 7.55. The molecule has 0 bridgehead atoms. The number of likely N-dealkylation sites (tertiary alicyclic amines) is 1. The number of carbonyl (C=O) groups excluding carboxylic acids is 2. The molecule has 1 aliphatic rings. The van der Waals surface area contributed by atoms with Crippen LogP contribution in [0.3, 0.4) is 0 Å². The lowest BCUT2D eigenvalue weighted by Gasteiger charge is -2.23. The monoisotopic (exact) mass is 417 g/mol. The van der Waals surface area contributed by atoms with Crippen LogP contribution < -0.4 is 10.6 Å². The molecule has 0 aliphatic carbocycles. The number of rotatable bonds is 5. The molecule has 8 nitrogen and oxygen atoms in total. The van der Waals surface area contributed by atoms with E-state index in [1.807, 2.05) is 52.0 Å². The highest BCUT2D eigenvalue weighted by Gasteiger charge is 2.27. The Bertz CT molecular complexity index is 753. The second-order valence-electron chi connectivity index (χ2n) is 8.64. The number of guanidine groups is 1. The quantitative estimate of drug-likeness (QED) is 0.568. The second-order valence-corrected chi connectivity index (χ2v) is 8.64. The van der Waals surface area contributed by atoms with E-state index in [-0.39, 0.29) is 18.0 Å². The van der Waals surface area contributed by atoms with Crippen molar-refractivity contribution in [3.8, 4) is 0 Å². The normalized spacial score (nSPS) is 16.9. The highest BCUT2D eigenvalue weighted by molar-refractivity contribution is 5.93. The number of hydrogen-bond donors (Lipinski definition) is 2. The van der Waals surface area contributed by atoms with Crippen LogP contribution in [-0.4, -0.2) is 73.1 Å². The first-order valence-corrected chi connectivity index (χ1v) is 10.4. The molecule has 2 N–H and O–H groups in total. The third-order valence-corrected chi connectivity index (χ3v) is 4.56. The first-order valence-electron chi connectivity index (χ1n) is 10.4. The minimum absolute atomic E-state index is 0.0148. The van der Waals surface area contributed by atoms with Crippen LogP contribution in [-0.2, 0) is 11.3 Å². The summed E-state index contributed by atoms with van der Waals surface area (Å²) in [6.07, 6.45) is 0.453. The summed E-state index contributed by atoms with van der Waals surface area (Å²) in [5.41, 5.74) is 1.18. The van der Waals surface area contributed by atoms with Gasteiger partial charge in [-0.2, -0.15) is 0 Å². The standard InChI is InChI=1S/C22H35N5O3/c1-7-23-20(24-14-16-8-10-17(11-9-16)19(28)26(5)6)27-13-12-18(15-27)25-21(29)30-22(2,3)4/h8-11,18H,7,12-15H2,1-6H3,(H,23,24)(H,25,29). The van der Waals surface area contributed by atoms with Crippen LogP contribution in [0, 0.1) is 0 Å². The van der Waals surface area contributed by atoms with Crippen LogP contribution in [0.5, 0.6) is 0 Å². The molecule has 2 amide bonds. The number of alkyl carbamates (subject to hydrolysis) is 1. The molecular weight excluding hydrogens is 382 g/mol. The van der Waals surface area contributed by atoms with Gasteiger partial charge < -0.3 is 25.2 Å². The minimum Gasteiger partial charge on any atom is -0.444 e. The van der Waals surface area contributed by atoms with Crippen molar-refractivity contribution in [1.29, 1.82) is 0 Å². The minimum atomic E-state index is -0.508. The zero-order valence-corrected chi connectivity index (χ0v) is 19.0. The fourth-order valence-corrected chi connectivity index (χ4v) is 3.15. The summed E-state index contributed by atoms with van der Waals surface area (Å²) in [6.45, 7) is 10.4. The van der Waals surface area contributed by atoms with Gasteiger partial charge in [-0.05, 0) is 51.8 Å². The molecule has 1 aliphatic heterocycles. The van der Waals surface area contributed by atoms with Gasteiger partial charge in [-0.25, -0.2) is 9.79 Å². The molecule has 166 valence electrons. The van der Waals surface area contributed by atoms with Crippen molar-refractivity contribution < 1.29 is 14.3 Å². The Morgan fingerprint density at radius 3 is 2.47 bits per heavy atom. The van der Waals surface area contributed by atoms with Crippen LogP contribution in [0.15, 0.2) is 29.3 Å². The Kier molecular flexibility index (Phi) is 8.08. The van der Waals surface area contributed by atoms with E-state index in [0.29, 0.717) is 18.7 Å². The van der Waals surface area contributed by atoms with Gasteiger partial charge in [-0.15, -0.1) is 0 Å². The Labute approximate surface area is 179 Å². The average Bonchev–Trinajstić information content (AvgIpc) is 3.11. The SMILES string of the molecule is CCNC(=NCc1ccc(C(=O)N(C)C)cc1)N1CCC(NC(=O)OC(C)(C)C)C1. The zero-order valence-electron chi connectivity index (χ0n) is 19.0. The van der Waals surface area contributed by atoms with Crippen LogP contribution in [0.1, 0.15) is 50.0 Å². The summed E-state index contributed by atoms with van der Waals surface area (Å²) in [4.78, 5) is 32.5. The summed E-state index contributed by atoms with van der Waals surface area (Å²) >= 11 is 0. The lowest BCUT2D eigenvalue weighted by molar-refractivity contribution is 0.0507. The lowest BCUT2D eigenvalue weighted by Crippen LogP contribution is -2.44. The predicted molar refractivity (Wildman–Crippen MR) is 119 cm³/mol. The molecular formula is C22H35N5O3. The smallest absolute Gasteiger partial charge is 0.407 e. The molecule has 30 heavy (non-hydrogen) atoms. The maximum Gasteiger partial charge on any atom is 0.407 e. The molecule has 2 rings (SSSR count). The molecule has 8 heteroatoms. The molecule has 1 fully saturated rings. The molecule has 1 saturated heterocycles. The molecule has 0 radical (unpaired) electrons. The van der Waals surface area contributed by atoms with E-state index in [0.717, 1.165) is 31.0 Å². The van der Waals surface area contributed by atoms with E-state index in [1.165, 1.54) is 0 Å². The molecule has 1 aromatic carbocycles. The topological polar surface area (TPSA) is 86.3 Å². The van der Waals surface area contributed by atoms with Crippen molar-refractivity contribution in [2.75, 3.05) is 33.7 Å². The van der Waals surface area contributed by atoms with Crippen LogP contribution in [0.4, 0.5) is 4.79 Å². The Hall–Kier alpha value is -2.77. The van der Waals surface area contributed by atoms with Gasteiger partial charge in [0.2, 0.25) is 0 Å². The summed E-state index contributed by atoms with van der Waals surface area (Å²) < 4.78 is 5.35. The van der Waals surface area contributed by atoms with Gasteiger partial charge in [0.25, 0.3) is 5.91 Å². The molecule has 1 unspecified atom stereocenters. The van der Waals surface area contributed by atoms with E-state index >= 15 is 0 Å². The molecule has 1 atom stereocenters. The maximum atomic E-state index is 12.0. The van der Waals surface area contributed by atoms with Crippen molar-refractivity contribution in [3.63, 3.8) is 0 Å². The van der Waals surface area contributed by atoms with Crippen LogP contribution in [0.2, 0.25) is 0 Å². The lowest BCUT2D eigenvalue weighted by atomic mass is 10.1. The maximum absolute atomic E-state index is 12.0. The van der Waals surface area contributed by atoms with Crippen molar-refractivity contribution in [2.45, 2.75) is 52.3 Å². The number of nitrogens with one attached hydrogen (secondary N) is 2. The van der Waals surface area contributed by atoms with Crippen molar-refractivity contribution in [2.24, 2.45) is 4.99 Å². The van der Waals surface area contributed by atoms with E-state index < -0.39 is 5.60 Å². The van der Waals surface area contributed by atoms with Crippen molar-refractivity contribution >= 4 is 18.0 Å². The molecule has 1 aromatic rings. The predicted octanol–water partition coefficient (Wildman–Crippen LogP) is 2.45. The van der Waals surface area contributed by atoms with Gasteiger partial charge in [0.1, 0.15) is 5.60 Å². The summed E-state index contributed by atoms with van der Waals surface area (Å²) in [5.74, 6) is 0.804.